The first-order valence-corrected chi connectivity index (χ1v) is 9.56. The van der Waals surface area contributed by atoms with Crippen LogP contribution in [0.4, 0.5) is 10.1 Å². The Bertz CT molecular complexity index is 1030. The summed E-state index contributed by atoms with van der Waals surface area (Å²) < 4.78 is 14.4. The van der Waals surface area contributed by atoms with Crippen molar-refractivity contribution < 1.29 is 19.7 Å². The number of aryl methyl sites for hydroxylation is 1. The predicted octanol–water partition coefficient (Wildman–Crippen LogP) is 1.45. The van der Waals surface area contributed by atoms with Crippen LogP contribution in [0.2, 0.25) is 0 Å². The van der Waals surface area contributed by atoms with Gasteiger partial charge in [0.15, 0.2) is 5.71 Å². The van der Waals surface area contributed by atoms with Gasteiger partial charge in [-0.2, -0.15) is 0 Å². The van der Waals surface area contributed by atoms with E-state index in [0.717, 1.165) is 17.2 Å². The van der Waals surface area contributed by atoms with E-state index in [1.54, 1.807) is 24.5 Å². The average molecular weight is 407 g/mol. The summed E-state index contributed by atoms with van der Waals surface area (Å²) >= 11 is 0. The van der Waals surface area contributed by atoms with Crippen LogP contribution < -0.4 is 16.5 Å². The lowest BCUT2D eigenvalue weighted by molar-refractivity contribution is -0.115. The molecule has 0 bridgehead atoms. The molecule has 0 aliphatic heterocycles. The molecule has 3 aromatic rings. The van der Waals surface area contributed by atoms with Gasteiger partial charge in [0, 0.05) is 24.4 Å². The van der Waals surface area contributed by atoms with Crippen molar-refractivity contribution in [3.8, 4) is 0 Å². The Labute approximate surface area is 174 Å². The number of hydrogen-bond donors (Lipinski definition) is 4. The van der Waals surface area contributed by atoms with Gasteiger partial charge in [-0.3, -0.25) is 15.2 Å². The lowest BCUT2D eigenvalue weighted by Crippen LogP contribution is -2.41. The first kappa shape index (κ1) is 21.1. The molecule has 0 fully saturated rings. The van der Waals surface area contributed by atoms with Gasteiger partial charge >= 0.3 is 0 Å². The lowest BCUT2D eigenvalue weighted by atomic mass is 9.98. The number of aliphatic hydroxyl groups is 1. The molecule has 0 saturated heterocycles. The topological polar surface area (TPSA) is 114 Å². The number of nitrogens with one attached hydrogen (secondary N) is 1. The third-order valence-corrected chi connectivity index (χ3v) is 4.83. The zero-order valence-corrected chi connectivity index (χ0v) is 16.4. The van der Waals surface area contributed by atoms with Gasteiger partial charge in [0.25, 0.3) is 5.91 Å². The van der Waals surface area contributed by atoms with Gasteiger partial charge in [0.05, 0.1) is 23.9 Å². The molecule has 0 radical (unpaired) electrons. The molecule has 2 aromatic carbocycles. The fraction of sp³-hybridized carbons (Fsp3) is 0.174. The first-order valence-electron chi connectivity index (χ1n) is 9.56. The van der Waals surface area contributed by atoms with Crippen LogP contribution in [-0.4, -0.2) is 28.3 Å². The summed E-state index contributed by atoms with van der Waals surface area (Å²) in [5, 5.41) is 18.6. The highest BCUT2D eigenvalue weighted by Crippen LogP contribution is 2.21. The molecule has 154 valence electrons. The summed E-state index contributed by atoms with van der Waals surface area (Å²) in [6, 6.07) is 14.7. The number of nitrogen functional groups attached to an aromatic ring is 1. The van der Waals surface area contributed by atoms with Crippen molar-refractivity contribution in [2.45, 2.75) is 18.9 Å². The largest absolute Gasteiger partial charge is 0.396 e. The van der Waals surface area contributed by atoms with E-state index in [-0.39, 0.29) is 17.9 Å². The number of nitrogens with zero attached hydrogens (tertiary/aromatic N) is 1. The number of carbonyl (C=O) groups is 1. The number of aliphatic hydroxyl groups excluding tert-OH is 1. The van der Waals surface area contributed by atoms with Gasteiger partial charge in [-0.25, -0.2) is 4.39 Å². The maximum atomic E-state index is 14.4. The predicted molar refractivity (Wildman–Crippen MR) is 113 cm³/mol. The highest BCUT2D eigenvalue weighted by molar-refractivity contribution is 6.04. The molecule has 0 spiro atoms. The molecular weight excluding hydrogens is 383 g/mol. The van der Waals surface area contributed by atoms with E-state index >= 15 is 0 Å². The normalized spacial score (nSPS) is 11.7. The molecule has 1 aromatic heterocycles. The van der Waals surface area contributed by atoms with E-state index < -0.39 is 17.8 Å². The second-order valence-electron chi connectivity index (χ2n) is 6.93. The molecule has 0 aliphatic rings. The molecule has 7 heteroatoms. The number of nitrogens with two attached hydrogens (primary N) is 2. The number of benzene rings is 2. The average Bonchev–Trinajstić information content (AvgIpc) is 2.78. The molecule has 3 rings (SSSR count). The fourth-order valence-electron chi connectivity index (χ4n) is 3.14. The summed E-state index contributed by atoms with van der Waals surface area (Å²) in [5.74, 6) is -1.25. The lowest BCUT2D eigenvalue weighted by Gasteiger charge is -2.17. The van der Waals surface area contributed by atoms with E-state index in [9.17, 15) is 14.3 Å². The Hall–Kier alpha value is -3.58. The minimum atomic E-state index is -0.720. The molecule has 1 unspecified atom stereocenters. The number of amides is 1. The Morgan fingerprint density at radius 3 is 2.63 bits per heavy atom. The molecule has 6 N–H and O–H groups in total. The van der Waals surface area contributed by atoms with E-state index in [1.807, 2.05) is 30.3 Å². The van der Waals surface area contributed by atoms with Gasteiger partial charge < -0.3 is 16.2 Å². The van der Waals surface area contributed by atoms with Crippen molar-refractivity contribution in [1.29, 1.82) is 0 Å². The molecule has 0 saturated carbocycles. The molecule has 1 heterocycles. The fourth-order valence-corrected chi connectivity index (χ4v) is 3.14. The third-order valence-electron chi connectivity index (χ3n) is 4.83. The van der Waals surface area contributed by atoms with Gasteiger partial charge in [0.1, 0.15) is 5.82 Å². The highest BCUT2D eigenvalue weighted by Gasteiger charge is 2.21. The summed E-state index contributed by atoms with van der Waals surface area (Å²) in [5.41, 5.74) is 8.27. The molecule has 6 nitrogen and oxygen atoms in total. The summed E-state index contributed by atoms with van der Waals surface area (Å²) in [6.45, 7) is -0.292. The SMILES string of the molecule is Nc1c(F)cc(C(=O)NC(CO)c2ccccc2)cc1C(=[NH2+])CCc1cccnc1. The van der Waals surface area contributed by atoms with Crippen molar-refractivity contribution in [3.05, 3.63) is 95.1 Å². The van der Waals surface area contributed by atoms with E-state index in [4.69, 9.17) is 11.1 Å². The van der Waals surface area contributed by atoms with Crippen LogP contribution >= 0.6 is 0 Å². The van der Waals surface area contributed by atoms with Crippen LogP contribution in [0, 0.1) is 5.82 Å². The zero-order valence-electron chi connectivity index (χ0n) is 16.4. The number of carbonyl (C=O) groups excluding carboxylic acids is 1. The summed E-state index contributed by atoms with van der Waals surface area (Å²) in [4.78, 5) is 16.8. The van der Waals surface area contributed by atoms with Crippen LogP contribution in [0.1, 0.15) is 39.5 Å². The highest BCUT2D eigenvalue weighted by atomic mass is 19.1. The third kappa shape index (κ3) is 5.07. The number of pyridine rings is 1. The quantitative estimate of drug-likeness (QED) is 0.334. The van der Waals surface area contributed by atoms with Crippen molar-refractivity contribution in [2.24, 2.45) is 0 Å². The Balaban J connectivity index is 1.78. The van der Waals surface area contributed by atoms with Crippen LogP contribution in [0.15, 0.2) is 67.0 Å². The Morgan fingerprint density at radius 1 is 1.20 bits per heavy atom. The summed E-state index contributed by atoms with van der Waals surface area (Å²) in [6.07, 6.45) is 4.46. The monoisotopic (exact) mass is 407 g/mol. The van der Waals surface area contributed by atoms with Crippen molar-refractivity contribution in [3.63, 3.8) is 0 Å². The molecular formula is C23H24FN4O2+. The van der Waals surface area contributed by atoms with E-state index in [0.29, 0.717) is 24.1 Å². The Morgan fingerprint density at radius 2 is 1.97 bits per heavy atom. The van der Waals surface area contributed by atoms with Gasteiger partial charge in [-0.1, -0.05) is 36.4 Å². The van der Waals surface area contributed by atoms with Crippen LogP contribution in [0.5, 0.6) is 0 Å². The van der Waals surface area contributed by atoms with Gasteiger partial charge in [-0.15, -0.1) is 0 Å². The minimum Gasteiger partial charge on any atom is -0.396 e. The zero-order chi connectivity index (χ0) is 21.5. The number of hydrogen-bond acceptors (Lipinski definition) is 4. The molecule has 0 aliphatic carbocycles. The standard InChI is InChI=1S/C23H23FN4O2/c24-19-12-17(23(30)28-21(14-29)16-6-2-1-3-7-16)11-18(22(19)26)20(25)9-8-15-5-4-10-27-13-15/h1-7,10-13,21,25,29H,8-9,14,26H2,(H,28,30)/p+1. The summed E-state index contributed by atoms with van der Waals surface area (Å²) in [7, 11) is 0. The minimum absolute atomic E-state index is 0.0791. The van der Waals surface area contributed by atoms with E-state index in [1.165, 1.54) is 6.07 Å². The van der Waals surface area contributed by atoms with Crippen LogP contribution in [-0.2, 0) is 6.42 Å². The number of halogens is 1. The second-order valence-corrected chi connectivity index (χ2v) is 6.93. The maximum Gasteiger partial charge on any atom is 0.251 e. The Kier molecular flexibility index (Phi) is 6.87. The smallest absolute Gasteiger partial charge is 0.251 e. The molecule has 1 atom stereocenters. The van der Waals surface area contributed by atoms with Crippen molar-refractivity contribution >= 4 is 17.3 Å². The van der Waals surface area contributed by atoms with Gasteiger partial charge in [0.2, 0.25) is 0 Å². The van der Waals surface area contributed by atoms with Crippen molar-refractivity contribution in [1.82, 2.24) is 10.3 Å². The van der Waals surface area contributed by atoms with E-state index in [2.05, 4.69) is 10.3 Å². The number of aromatic nitrogens is 1. The second kappa shape index (κ2) is 9.76. The maximum absolute atomic E-state index is 14.4. The number of anilines is 1. The van der Waals surface area contributed by atoms with Crippen molar-refractivity contribution in [2.75, 3.05) is 12.3 Å². The molecule has 1 amide bonds. The van der Waals surface area contributed by atoms with Crippen LogP contribution in [0.25, 0.3) is 0 Å². The number of rotatable bonds is 8. The molecule has 30 heavy (non-hydrogen) atoms. The first-order chi connectivity index (χ1) is 14.5. The van der Waals surface area contributed by atoms with Gasteiger partial charge in [-0.05, 0) is 35.7 Å². The van der Waals surface area contributed by atoms with Crippen LogP contribution in [0.3, 0.4) is 0 Å².